The number of hydrogen-bond acceptors (Lipinski definition) is 4. The summed E-state index contributed by atoms with van der Waals surface area (Å²) in [5.74, 6) is 0.953. The molecule has 0 radical (unpaired) electrons. The van der Waals surface area contributed by atoms with Crippen LogP contribution >= 0.6 is 23.4 Å². The maximum absolute atomic E-state index is 11.5. The lowest BCUT2D eigenvalue weighted by Gasteiger charge is -2.17. The Kier molecular flexibility index (Phi) is 4.89. The number of nitrogens with zero attached hydrogens (tertiary/aromatic N) is 2. The normalized spacial score (nSPS) is 11.6. The molecule has 96 valence electrons. The third-order valence-electron chi connectivity index (χ3n) is 2.03. The minimum atomic E-state index is -0.278. The summed E-state index contributed by atoms with van der Waals surface area (Å²) in [6, 6.07) is 0. The zero-order chi connectivity index (χ0) is 13.1. The quantitative estimate of drug-likeness (QED) is 0.857. The molecule has 6 heteroatoms. The van der Waals surface area contributed by atoms with Gasteiger partial charge in [0.05, 0.1) is 11.9 Å². The summed E-state index contributed by atoms with van der Waals surface area (Å²) in [6.45, 7) is 7.27. The van der Waals surface area contributed by atoms with Crippen molar-refractivity contribution in [2.45, 2.75) is 25.5 Å². The van der Waals surface area contributed by atoms with Crippen LogP contribution in [0.25, 0.3) is 0 Å². The third-order valence-corrected chi connectivity index (χ3v) is 3.67. The van der Waals surface area contributed by atoms with Crippen LogP contribution in [0.15, 0.2) is 11.0 Å². The number of halogens is 1. The fraction of sp³-hybridized carbons (Fsp3) is 0.636. The van der Waals surface area contributed by atoms with Crippen LogP contribution in [-0.4, -0.2) is 26.8 Å². The van der Waals surface area contributed by atoms with Gasteiger partial charge in [0.15, 0.2) is 0 Å². The Morgan fingerprint density at radius 2 is 2.18 bits per heavy atom. The predicted octanol–water partition coefficient (Wildman–Crippen LogP) is 2.38. The Morgan fingerprint density at radius 1 is 1.53 bits per heavy atom. The van der Waals surface area contributed by atoms with E-state index in [-0.39, 0.29) is 15.3 Å². The van der Waals surface area contributed by atoms with Gasteiger partial charge in [-0.15, -0.1) is 0 Å². The molecule has 0 spiro atoms. The highest BCUT2D eigenvalue weighted by molar-refractivity contribution is 8.00. The first-order chi connectivity index (χ1) is 7.81. The fourth-order valence-corrected chi connectivity index (χ4v) is 2.23. The molecule has 0 saturated heterocycles. The van der Waals surface area contributed by atoms with Crippen molar-refractivity contribution in [3.63, 3.8) is 0 Å². The molecule has 0 saturated carbocycles. The summed E-state index contributed by atoms with van der Waals surface area (Å²) in [7, 11) is 1.58. The van der Waals surface area contributed by atoms with E-state index in [4.69, 9.17) is 11.6 Å². The zero-order valence-corrected chi connectivity index (χ0v) is 12.2. The van der Waals surface area contributed by atoms with Gasteiger partial charge >= 0.3 is 0 Å². The lowest BCUT2D eigenvalue weighted by Crippen LogP contribution is -2.21. The average Bonchev–Trinajstić information content (AvgIpc) is 2.22. The van der Waals surface area contributed by atoms with Crippen molar-refractivity contribution in [2.75, 3.05) is 17.6 Å². The Bertz CT molecular complexity index is 439. The second-order valence-corrected chi connectivity index (χ2v) is 6.99. The summed E-state index contributed by atoms with van der Waals surface area (Å²) >= 11 is 7.78. The van der Waals surface area contributed by atoms with Crippen molar-refractivity contribution in [2.24, 2.45) is 7.05 Å². The van der Waals surface area contributed by atoms with E-state index in [0.29, 0.717) is 5.69 Å². The molecule has 4 nitrogen and oxygen atoms in total. The molecule has 17 heavy (non-hydrogen) atoms. The summed E-state index contributed by atoms with van der Waals surface area (Å²) in [4.78, 5) is 11.5. The smallest absolute Gasteiger partial charge is 0.287 e. The SMILES string of the molecule is Cn1ncc(NCCSC(C)(C)C)c(Cl)c1=O. The van der Waals surface area contributed by atoms with Crippen LogP contribution in [0.4, 0.5) is 5.69 Å². The van der Waals surface area contributed by atoms with Gasteiger partial charge in [-0.2, -0.15) is 16.9 Å². The molecule has 1 N–H and O–H groups in total. The van der Waals surface area contributed by atoms with Gasteiger partial charge in [0, 0.05) is 24.1 Å². The number of thioether (sulfide) groups is 1. The highest BCUT2D eigenvalue weighted by atomic mass is 35.5. The summed E-state index contributed by atoms with van der Waals surface area (Å²) < 4.78 is 1.47. The van der Waals surface area contributed by atoms with Gasteiger partial charge in [0.2, 0.25) is 0 Å². The van der Waals surface area contributed by atoms with E-state index in [2.05, 4.69) is 31.2 Å². The van der Waals surface area contributed by atoms with Gasteiger partial charge in [-0.25, -0.2) is 4.68 Å². The topological polar surface area (TPSA) is 46.9 Å². The van der Waals surface area contributed by atoms with Gasteiger partial charge in [-0.1, -0.05) is 32.4 Å². The van der Waals surface area contributed by atoms with Crippen LogP contribution < -0.4 is 10.9 Å². The van der Waals surface area contributed by atoms with Crippen LogP contribution in [0.2, 0.25) is 5.02 Å². The Labute approximate surface area is 111 Å². The maximum Gasteiger partial charge on any atom is 0.287 e. The van der Waals surface area contributed by atoms with Gasteiger partial charge in [-0.05, 0) is 0 Å². The molecule has 0 aliphatic heterocycles. The predicted molar refractivity (Wildman–Crippen MR) is 75.2 cm³/mol. The highest BCUT2D eigenvalue weighted by Crippen LogP contribution is 2.23. The summed E-state index contributed by atoms with van der Waals surface area (Å²) in [5.41, 5.74) is 0.324. The largest absolute Gasteiger partial charge is 0.382 e. The maximum atomic E-state index is 11.5. The molecule has 0 amide bonds. The van der Waals surface area contributed by atoms with Crippen LogP contribution in [0, 0.1) is 0 Å². The van der Waals surface area contributed by atoms with Crippen molar-refractivity contribution in [1.82, 2.24) is 9.78 Å². The van der Waals surface area contributed by atoms with Gasteiger partial charge < -0.3 is 5.32 Å². The summed E-state index contributed by atoms with van der Waals surface area (Å²) in [6.07, 6.45) is 1.57. The molecular weight excluding hydrogens is 258 g/mol. The zero-order valence-electron chi connectivity index (χ0n) is 10.6. The van der Waals surface area contributed by atoms with Gasteiger partial charge in [0.25, 0.3) is 5.56 Å². The fourth-order valence-electron chi connectivity index (χ4n) is 1.18. The first-order valence-electron chi connectivity index (χ1n) is 5.41. The first-order valence-corrected chi connectivity index (χ1v) is 6.77. The number of rotatable bonds is 4. The van der Waals surface area contributed by atoms with Crippen LogP contribution in [0.5, 0.6) is 0 Å². The molecule has 1 aromatic heterocycles. The van der Waals surface area contributed by atoms with E-state index in [0.717, 1.165) is 12.3 Å². The standard InChI is InChI=1S/C11H18ClN3OS/c1-11(2,3)17-6-5-13-8-7-14-15(4)10(16)9(8)12/h7,13H,5-6H2,1-4H3. The van der Waals surface area contributed by atoms with Crippen molar-refractivity contribution >= 4 is 29.1 Å². The van der Waals surface area contributed by atoms with Crippen molar-refractivity contribution in [3.8, 4) is 0 Å². The first kappa shape index (κ1) is 14.4. The molecule has 1 heterocycles. The second-order valence-electron chi connectivity index (χ2n) is 4.69. The molecule has 1 rings (SSSR count). The molecule has 0 unspecified atom stereocenters. The number of hydrogen-bond donors (Lipinski definition) is 1. The summed E-state index contributed by atoms with van der Waals surface area (Å²) in [5, 5.41) is 7.24. The molecule has 0 fully saturated rings. The lowest BCUT2D eigenvalue weighted by atomic mass is 10.3. The van der Waals surface area contributed by atoms with E-state index in [1.165, 1.54) is 4.68 Å². The molecule has 0 aliphatic rings. The second kappa shape index (κ2) is 5.78. The molecule has 0 bridgehead atoms. The van der Waals surface area contributed by atoms with Gasteiger partial charge in [0.1, 0.15) is 5.02 Å². The van der Waals surface area contributed by atoms with E-state index < -0.39 is 0 Å². The van der Waals surface area contributed by atoms with E-state index >= 15 is 0 Å². The average molecular weight is 276 g/mol. The number of aryl methyl sites for hydroxylation is 1. The van der Waals surface area contributed by atoms with E-state index in [9.17, 15) is 4.79 Å². The number of nitrogens with one attached hydrogen (secondary N) is 1. The van der Waals surface area contributed by atoms with Crippen LogP contribution in [-0.2, 0) is 7.05 Å². The number of aromatic nitrogens is 2. The van der Waals surface area contributed by atoms with Crippen LogP contribution in [0.3, 0.4) is 0 Å². The Hall–Kier alpha value is -0.680. The van der Waals surface area contributed by atoms with Gasteiger partial charge in [-0.3, -0.25) is 4.79 Å². The highest BCUT2D eigenvalue weighted by Gasteiger charge is 2.10. The molecular formula is C11H18ClN3OS. The monoisotopic (exact) mass is 275 g/mol. The van der Waals surface area contributed by atoms with E-state index in [1.54, 1.807) is 13.2 Å². The molecule has 1 aromatic rings. The van der Waals surface area contributed by atoms with Crippen molar-refractivity contribution in [3.05, 3.63) is 21.6 Å². The van der Waals surface area contributed by atoms with E-state index in [1.807, 2.05) is 11.8 Å². The van der Waals surface area contributed by atoms with Crippen LogP contribution in [0.1, 0.15) is 20.8 Å². The molecule has 0 aliphatic carbocycles. The van der Waals surface area contributed by atoms with Crippen molar-refractivity contribution in [1.29, 1.82) is 0 Å². The minimum Gasteiger partial charge on any atom is -0.382 e. The Balaban J connectivity index is 2.54. The Morgan fingerprint density at radius 3 is 2.76 bits per heavy atom. The molecule has 0 aromatic carbocycles. The van der Waals surface area contributed by atoms with Crippen molar-refractivity contribution < 1.29 is 0 Å². The minimum absolute atomic E-state index is 0.197. The molecule has 0 atom stereocenters. The lowest BCUT2D eigenvalue weighted by molar-refractivity contribution is 0.708. The third kappa shape index (κ3) is 4.60. The number of anilines is 1.